The van der Waals surface area contributed by atoms with Crippen LogP contribution in [0.2, 0.25) is 5.02 Å². The summed E-state index contributed by atoms with van der Waals surface area (Å²) in [6.07, 6.45) is 6.51. The topological polar surface area (TPSA) is 29.9 Å². The summed E-state index contributed by atoms with van der Waals surface area (Å²) in [5.74, 6) is 0. The van der Waals surface area contributed by atoms with Gasteiger partial charge in [-0.2, -0.15) is 5.10 Å². The molecule has 112 valence electrons. The van der Waals surface area contributed by atoms with E-state index < -0.39 is 0 Å². The Balaban J connectivity index is 1.99. The van der Waals surface area contributed by atoms with Crippen LogP contribution < -0.4 is 5.32 Å². The number of fused-ring (bicyclic) bond motifs is 1. The van der Waals surface area contributed by atoms with Gasteiger partial charge in [-0.1, -0.05) is 36.7 Å². The van der Waals surface area contributed by atoms with Crippen LogP contribution >= 0.6 is 11.6 Å². The molecule has 1 N–H and O–H groups in total. The Hall–Kier alpha value is -1.32. The van der Waals surface area contributed by atoms with Crippen molar-refractivity contribution in [3.8, 4) is 0 Å². The first kappa shape index (κ1) is 14.6. The lowest BCUT2D eigenvalue weighted by atomic mass is 9.98. The molecule has 21 heavy (non-hydrogen) atoms. The highest BCUT2D eigenvalue weighted by molar-refractivity contribution is 6.31. The zero-order chi connectivity index (χ0) is 14.8. The molecule has 0 radical (unpaired) electrons. The summed E-state index contributed by atoms with van der Waals surface area (Å²) in [5.41, 5.74) is 5.33. The second kappa shape index (κ2) is 6.20. The predicted octanol–water partition coefficient (Wildman–Crippen LogP) is 3.65. The van der Waals surface area contributed by atoms with Crippen LogP contribution in [0.25, 0.3) is 0 Å². The maximum atomic E-state index is 6.36. The van der Waals surface area contributed by atoms with Crippen molar-refractivity contribution >= 4 is 11.6 Å². The van der Waals surface area contributed by atoms with Gasteiger partial charge in [0, 0.05) is 7.05 Å². The molecule has 1 aromatic carbocycles. The Morgan fingerprint density at radius 1 is 1.33 bits per heavy atom. The highest BCUT2D eigenvalue weighted by Crippen LogP contribution is 2.31. The fraction of sp³-hybridized carbons (Fsp3) is 0.471. The quantitative estimate of drug-likeness (QED) is 0.913. The normalized spacial score (nSPS) is 15.2. The van der Waals surface area contributed by atoms with E-state index in [2.05, 4.69) is 35.5 Å². The van der Waals surface area contributed by atoms with Crippen molar-refractivity contribution < 1.29 is 0 Å². The Morgan fingerprint density at radius 2 is 2.14 bits per heavy atom. The summed E-state index contributed by atoms with van der Waals surface area (Å²) in [5, 5.41) is 8.63. The number of benzene rings is 1. The third kappa shape index (κ3) is 2.85. The Kier molecular flexibility index (Phi) is 4.32. The number of aromatic nitrogens is 2. The van der Waals surface area contributed by atoms with E-state index in [1.165, 1.54) is 36.0 Å². The van der Waals surface area contributed by atoms with E-state index in [0.717, 1.165) is 23.7 Å². The fourth-order valence-corrected chi connectivity index (χ4v) is 3.45. The maximum Gasteiger partial charge on any atom is 0.0837 e. The molecule has 1 aromatic heterocycles. The lowest BCUT2D eigenvalue weighted by molar-refractivity contribution is 0.553. The molecule has 1 heterocycles. The van der Waals surface area contributed by atoms with Crippen molar-refractivity contribution in [1.82, 2.24) is 15.1 Å². The second-order valence-corrected chi connectivity index (χ2v) is 6.18. The molecule has 1 unspecified atom stereocenters. The second-order valence-electron chi connectivity index (χ2n) is 5.77. The van der Waals surface area contributed by atoms with Gasteiger partial charge in [-0.25, -0.2) is 0 Å². The third-order valence-corrected chi connectivity index (χ3v) is 4.56. The van der Waals surface area contributed by atoms with Gasteiger partial charge in [0.15, 0.2) is 0 Å². The maximum absolute atomic E-state index is 6.36. The Bertz CT molecular complexity index is 613. The lowest BCUT2D eigenvalue weighted by Gasteiger charge is -2.21. The van der Waals surface area contributed by atoms with Crippen molar-refractivity contribution in [2.75, 3.05) is 6.54 Å². The number of halogens is 1. The van der Waals surface area contributed by atoms with Crippen molar-refractivity contribution in [2.45, 2.75) is 38.6 Å². The summed E-state index contributed by atoms with van der Waals surface area (Å²) in [6.45, 7) is 3.14. The molecule has 0 spiro atoms. The van der Waals surface area contributed by atoms with Crippen LogP contribution in [0.3, 0.4) is 0 Å². The minimum atomic E-state index is 0.107. The van der Waals surface area contributed by atoms with E-state index >= 15 is 0 Å². The molecule has 1 atom stereocenters. The number of nitrogens with one attached hydrogen (secondary N) is 1. The lowest BCUT2D eigenvalue weighted by Crippen LogP contribution is -2.25. The Morgan fingerprint density at radius 3 is 2.86 bits per heavy atom. The van der Waals surface area contributed by atoms with Crippen LogP contribution in [-0.2, 0) is 19.9 Å². The third-order valence-electron chi connectivity index (χ3n) is 4.27. The van der Waals surface area contributed by atoms with E-state index in [9.17, 15) is 0 Å². The standard InChI is InChI=1S/C17H22ClN3/c1-3-9-19-16(17-15(18)11-20-21(17)2)14-8-7-12-5-4-6-13(12)10-14/h7-8,10-11,16,19H,3-6,9H2,1-2H3. The molecular weight excluding hydrogens is 282 g/mol. The predicted molar refractivity (Wildman–Crippen MR) is 86.8 cm³/mol. The summed E-state index contributed by atoms with van der Waals surface area (Å²) < 4.78 is 1.88. The monoisotopic (exact) mass is 303 g/mol. The van der Waals surface area contributed by atoms with Crippen LogP contribution in [-0.4, -0.2) is 16.3 Å². The molecule has 0 saturated heterocycles. The molecule has 3 rings (SSSR count). The zero-order valence-electron chi connectivity index (χ0n) is 12.7. The Labute approximate surface area is 131 Å². The number of aryl methyl sites for hydroxylation is 3. The minimum absolute atomic E-state index is 0.107. The van der Waals surface area contributed by atoms with Crippen LogP contribution in [0.1, 0.15) is 48.2 Å². The molecule has 3 nitrogen and oxygen atoms in total. The molecule has 1 aliphatic carbocycles. The van der Waals surface area contributed by atoms with E-state index in [-0.39, 0.29) is 6.04 Å². The molecule has 2 aromatic rings. The van der Waals surface area contributed by atoms with Gasteiger partial charge in [-0.3, -0.25) is 4.68 Å². The van der Waals surface area contributed by atoms with E-state index in [1.54, 1.807) is 6.20 Å². The van der Waals surface area contributed by atoms with Gasteiger partial charge in [-0.05, 0) is 48.9 Å². The van der Waals surface area contributed by atoms with Crippen LogP contribution in [0.4, 0.5) is 0 Å². The average molecular weight is 304 g/mol. The average Bonchev–Trinajstić information content (AvgIpc) is 3.07. The van der Waals surface area contributed by atoms with Gasteiger partial charge < -0.3 is 5.32 Å². The summed E-state index contributed by atoms with van der Waals surface area (Å²) in [7, 11) is 1.95. The SMILES string of the molecule is CCCNC(c1ccc2c(c1)CCC2)c1c(Cl)cnn1C. The highest BCUT2D eigenvalue weighted by atomic mass is 35.5. The zero-order valence-corrected chi connectivity index (χ0v) is 13.5. The van der Waals surface area contributed by atoms with Gasteiger partial charge in [0.1, 0.15) is 0 Å². The van der Waals surface area contributed by atoms with Crippen molar-refractivity contribution in [2.24, 2.45) is 7.05 Å². The van der Waals surface area contributed by atoms with Crippen molar-refractivity contribution in [1.29, 1.82) is 0 Å². The van der Waals surface area contributed by atoms with Gasteiger partial charge in [0.05, 0.1) is 23.0 Å². The van der Waals surface area contributed by atoms with Crippen LogP contribution in [0.5, 0.6) is 0 Å². The molecule has 0 amide bonds. The number of nitrogens with zero attached hydrogens (tertiary/aromatic N) is 2. The van der Waals surface area contributed by atoms with Gasteiger partial charge in [0.25, 0.3) is 0 Å². The van der Waals surface area contributed by atoms with Gasteiger partial charge in [-0.15, -0.1) is 0 Å². The fourth-order valence-electron chi connectivity index (χ4n) is 3.18. The van der Waals surface area contributed by atoms with E-state index in [0.29, 0.717) is 0 Å². The largest absolute Gasteiger partial charge is 0.305 e. The summed E-state index contributed by atoms with van der Waals surface area (Å²) in [6, 6.07) is 6.97. The van der Waals surface area contributed by atoms with E-state index in [4.69, 9.17) is 11.6 Å². The first-order valence-electron chi connectivity index (χ1n) is 7.73. The minimum Gasteiger partial charge on any atom is -0.305 e. The molecular formula is C17H22ClN3. The molecule has 0 aliphatic heterocycles. The number of hydrogen-bond donors (Lipinski definition) is 1. The highest BCUT2D eigenvalue weighted by Gasteiger charge is 2.22. The smallest absolute Gasteiger partial charge is 0.0837 e. The molecule has 4 heteroatoms. The first-order valence-corrected chi connectivity index (χ1v) is 8.11. The molecule has 0 bridgehead atoms. The van der Waals surface area contributed by atoms with Gasteiger partial charge in [0.2, 0.25) is 0 Å². The summed E-state index contributed by atoms with van der Waals surface area (Å²) in [4.78, 5) is 0. The van der Waals surface area contributed by atoms with E-state index in [1.807, 2.05) is 11.7 Å². The van der Waals surface area contributed by atoms with Gasteiger partial charge >= 0.3 is 0 Å². The first-order chi connectivity index (χ1) is 10.2. The van der Waals surface area contributed by atoms with Crippen LogP contribution in [0.15, 0.2) is 24.4 Å². The number of hydrogen-bond acceptors (Lipinski definition) is 2. The van der Waals surface area contributed by atoms with Crippen LogP contribution in [0, 0.1) is 0 Å². The molecule has 0 saturated carbocycles. The summed E-state index contributed by atoms with van der Waals surface area (Å²) >= 11 is 6.36. The van der Waals surface area contributed by atoms with Crippen molar-refractivity contribution in [3.05, 3.63) is 51.8 Å². The van der Waals surface area contributed by atoms with Crippen molar-refractivity contribution in [3.63, 3.8) is 0 Å². The molecule has 0 fully saturated rings. The molecule has 1 aliphatic rings. The number of rotatable bonds is 5.